The molecular weight excluding hydrogens is 383 g/mol. The molecule has 1 unspecified atom stereocenters. The number of amides is 2. The number of carbonyl (C=O) groups excluding carboxylic acids is 1. The monoisotopic (exact) mass is 403 g/mol. The van der Waals surface area contributed by atoms with Gasteiger partial charge in [-0.1, -0.05) is 12.1 Å². The van der Waals surface area contributed by atoms with E-state index in [4.69, 9.17) is 0 Å². The zero-order valence-electron chi connectivity index (χ0n) is 14.7. The number of para-hydroxylation sites is 1. The number of anilines is 2. The SMILES string of the molecule is CN(C)CC(O)Cn1cc(NC(=O)Nc2ccccc2SC(F)(F)F)cn1. The van der Waals surface area contributed by atoms with E-state index in [1.54, 1.807) is 0 Å². The molecule has 0 spiro atoms. The van der Waals surface area contributed by atoms with Gasteiger partial charge in [0, 0.05) is 17.6 Å². The van der Waals surface area contributed by atoms with Crippen LogP contribution in [0.15, 0.2) is 41.6 Å². The van der Waals surface area contributed by atoms with Gasteiger partial charge in [-0.2, -0.15) is 18.3 Å². The Kier molecular flexibility index (Phi) is 7.11. The Hall–Kier alpha value is -2.24. The van der Waals surface area contributed by atoms with E-state index >= 15 is 0 Å². The predicted octanol–water partition coefficient (Wildman–Crippen LogP) is 3.06. The van der Waals surface area contributed by atoms with Gasteiger partial charge in [0.15, 0.2) is 0 Å². The van der Waals surface area contributed by atoms with Crippen LogP contribution in [-0.4, -0.2) is 58.1 Å². The molecule has 0 aliphatic heterocycles. The highest BCUT2D eigenvalue weighted by Crippen LogP contribution is 2.40. The first kappa shape index (κ1) is 21.1. The second-order valence-electron chi connectivity index (χ2n) is 5.99. The van der Waals surface area contributed by atoms with Crippen LogP contribution in [0.4, 0.5) is 29.3 Å². The number of nitrogens with zero attached hydrogens (tertiary/aromatic N) is 3. The van der Waals surface area contributed by atoms with E-state index in [2.05, 4.69) is 15.7 Å². The van der Waals surface area contributed by atoms with Crippen molar-refractivity contribution in [2.75, 3.05) is 31.3 Å². The molecular formula is C16H20F3N5O2S. The van der Waals surface area contributed by atoms with E-state index in [1.807, 2.05) is 19.0 Å². The van der Waals surface area contributed by atoms with Gasteiger partial charge in [0.05, 0.1) is 30.2 Å². The van der Waals surface area contributed by atoms with Gasteiger partial charge in [0.1, 0.15) is 0 Å². The fourth-order valence-corrected chi connectivity index (χ4v) is 2.92. The van der Waals surface area contributed by atoms with E-state index in [-0.39, 0.29) is 28.9 Å². The van der Waals surface area contributed by atoms with Gasteiger partial charge in [-0.05, 0) is 38.0 Å². The molecule has 7 nitrogen and oxygen atoms in total. The van der Waals surface area contributed by atoms with Crippen LogP contribution in [0, 0.1) is 0 Å². The highest BCUT2D eigenvalue weighted by atomic mass is 32.2. The lowest BCUT2D eigenvalue weighted by Crippen LogP contribution is -2.29. The van der Waals surface area contributed by atoms with Gasteiger partial charge < -0.3 is 20.6 Å². The number of benzene rings is 1. The smallest absolute Gasteiger partial charge is 0.390 e. The van der Waals surface area contributed by atoms with E-state index in [0.29, 0.717) is 12.2 Å². The number of aliphatic hydroxyl groups excluding tert-OH is 1. The molecule has 1 heterocycles. The summed E-state index contributed by atoms with van der Waals surface area (Å²) in [6.45, 7) is 0.698. The minimum atomic E-state index is -4.46. The lowest BCUT2D eigenvalue weighted by molar-refractivity contribution is -0.0328. The van der Waals surface area contributed by atoms with Crippen molar-refractivity contribution in [2.24, 2.45) is 0 Å². The number of urea groups is 1. The average molecular weight is 403 g/mol. The molecule has 0 aliphatic carbocycles. The minimum absolute atomic E-state index is 0.0473. The molecule has 0 saturated heterocycles. The lowest BCUT2D eigenvalue weighted by Gasteiger charge is -2.15. The summed E-state index contributed by atoms with van der Waals surface area (Å²) < 4.78 is 39.2. The fourth-order valence-electron chi connectivity index (χ4n) is 2.29. The molecule has 2 amide bonds. The molecule has 0 radical (unpaired) electrons. The Morgan fingerprint density at radius 2 is 2.04 bits per heavy atom. The summed E-state index contributed by atoms with van der Waals surface area (Å²) in [5.41, 5.74) is -4.06. The Labute approximate surface area is 158 Å². The number of rotatable bonds is 7. The van der Waals surface area contributed by atoms with Gasteiger partial charge in [0.2, 0.25) is 0 Å². The summed E-state index contributed by atoms with van der Waals surface area (Å²) in [4.78, 5) is 13.8. The van der Waals surface area contributed by atoms with Crippen LogP contribution in [0.3, 0.4) is 0 Å². The van der Waals surface area contributed by atoms with E-state index in [9.17, 15) is 23.1 Å². The third-order valence-corrected chi connectivity index (χ3v) is 4.03. The molecule has 0 aliphatic rings. The normalized spacial score (nSPS) is 12.9. The van der Waals surface area contributed by atoms with Crippen molar-refractivity contribution in [1.82, 2.24) is 14.7 Å². The van der Waals surface area contributed by atoms with Crippen LogP contribution in [-0.2, 0) is 6.54 Å². The second kappa shape index (κ2) is 9.11. The first-order chi connectivity index (χ1) is 12.6. The zero-order valence-corrected chi connectivity index (χ0v) is 15.5. The summed E-state index contributed by atoms with van der Waals surface area (Å²) in [7, 11) is 3.66. The van der Waals surface area contributed by atoms with Crippen LogP contribution < -0.4 is 10.6 Å². The van der Waals surface area contributed by atoms with Crippen LogP contribution in [0.2, 0.25) is 0 Å². The van der Waals surface area contributed by atoms with E-state index in [0.717, 1.165) is 0 Å². The molecule has 1 atom stereocenters. The molecule has 1 aromatic heterocycles. The number of halogens is 3. The molecule has 27 heavy (non-hydrogen) atoms. The average Bonchev–Trinajstić information content (AvgIpc) is 2.93. The van der Waals surface area contributed by atoms with Crippen molar-refractivity contribution in [3.05, 3.63) is 36.7 Å². The number of thioether (sulfide) groups is 1. The fraction of sp³-hybridized carbons (Fsp3) is 0.375. The number of aliphatic hydroxyl groups is 1. The quantitative estimate of drug-likeness (QED) is 0.619. The Balaban J connectivity index is 1.95. The standard InChI is InChI=1S/C16H20F3N5O2S/c1-23(2)9-12(25)10-24-8-11(7-20-24)21-15(26)22-13-5-3-4-6-14(13)27-16(17,18)19/h3-8,12,25H,9-10H2,1-2H3,(H2,21,22,26). The second-order valence-corrected chi connectivity index (χ2v) is 7.10. The third kappa shape index (κ3) is 7.49. The summed E-state index contributed by atoms with van der Waals surface area (Å²) in [5.74, 6) is 0. The van der Waals surface area contributed by atoms with E-state index in [1.165, 1.54) is 41.3 Å². The van der Waals surface area contributed by atoms with Gasteiger partial charge in [-0.25, -0.2) is 4.79 Å². The maximum absolute atomic E-state index is 12.6. The van der Waals surface area contributed by atoms with Crippen LogP contribution in [0.1, 0.15) is 0 Å². The van der Waals surface area contributed by atoms with Crippen molar-refractivity contribution in [1.29, 1.82) is 0 Å². The number of nitrogens with one attached hydrogen (secondary N) is 2. The summed E-state index contributed by atoms with van der Waals surface area (Å²) in [5, 5.41) is 18.8. The number of hydrogen-bond donors (Lipinski definition) is 3. The molecule has 0 saturated carbocycles. The van der Waals surface area contributed by atoms with Crippen molar-refractivity contribution in [2.45, 2.75) is 23.1 Å². The number of likely N-dealkylation sites (N-methyl/N-ethyl adjacent to an activating group) is 1. The van der Waals surface area contributed by atoms with Gasteiger partial charge in [0.25, 0.3) is 0 Å². The predicted molar refractivity (Wildman–Crippen MR) is 97.8 cm³/mol. The molecule has 2 rings (SSSR count). The molecule has 0 bridgehead atoms. The molecule has 3 N–H and O–H groups in total. The highest BCUT2D eigenvalue weighted by molar-refractivity contribution is 8.00. The number of alkyl halides is 3. The number of aromatic nitrogens is 2. The van der Waals surface area contributed by atoms with E-state index < -0.39 is 17.6 Å². The zero-order chi connectivity index (χ0) is 20.0. The maximum atomic E-state index is 12.6. The van der Waals surface area contributed by atoms with Crippen molar-refractivity contribution >= 4 is 29.2 Å². The Morgan fingerprint density at radius 3 is 2.70 bits per heavy atom. The lowest BCUT2D eigenvalue weighted by atomic mass is 10.3. The van der Waals surface area contributed by atoms with Gasteiger partial charge >= 0.3 is 11.5 Å². The number of hydrogen-bond acceptors (Lipinski definition) is 5. The van der Waals surface area contributed by atoms with Crippen LogP contribution >= 0.6 is 11.8 Å². The molecule has 1 aromatic carbocycles. The molecule has 2 aromatic rings. The first-order valence-corrected chi connectivity index (χ1v) is 8.72. The minimum Gasteiger partial charge on any atom is -0.390 e. The van der Waals surface area contributed by atoms with Crippen molar-refractivity contribution in [3.8, 4) is 0 Å². The summed E-state index contributed by atoms with van der Waals surface area (Å²) in [6.07, 6.45) is 2.28. The molecule has 11 heteroatoms. The van der Waals surface area contributed by atoms with Gasteiger partial charge in [-0.3, -0.25) is 4.68 Å². The Bertz CT molecular complexity index is 767. The van der Waals surface area contributed by atoms with Crippen molar-refractivity contribution in [3.63, 3.8) is 0 Å². The maximum Gasteiger partial charge on any atom is 0.446 e. The number of carbonyl (C=O) groups is 1. The first-order valence-electron chi connectivity index (χ1n) is 7.90. The topological polar surface area (TPSA) is 82.4 Å². The molecule has 148 valence electrons. The largest absolute Gasteiger partial charge is 0.446 e. The van der Waals surface area contributed by atoms with Crippen LogP contribution in [0.5, 0.6) is 0 Å². The van der Waals surface area contributed by atoms with Crippen molar-refractivity contribution < 1.29 is 23.1 Å². The molecule has 0 fully saturated rings. The van der Waals surface area contributed by atoms with Gasteiger partial charge in [-0.15, -0.1) is 0 Å². The Morgan fingerprint density at radius 1 is 1.33 bits per heavy atom. The summed E-state index contributed by atoms with van der Waals surface area (Å²) >= 11 is -0.299. The van der Waals surface area contributed by atoms with Crippen LogP contribution in [0.25, 0.3) is 0 Å². The highest BCUT2D eigenvalue weighted by Gasteiger charge is 2.30. The summed E-state index contributed by atoms with van der Waals surface area (Å²) in [6, 6.07) is 4.95. The third-order valence-electron chi connectivity index (χ3n) is 3.23.